The van der Waals surface area contributed by atoms with Crippen molar-refractivity contribution < 1.29 is 19.1 Å². The lowest BCUT2D eigenvalue weighted by molar-refractivity contribution is 0.0634. The zero-order valence-electron chi connectivity index (χ0n) is 8.75. The van der Waals surface area contributed by atoms with Crippen molar-refractivity contribution >= 4 is 12.2 Å². The first-order valence-electron chi connectivity index (χ1n) is 4.33. The molecule has 0 aliphatic carbocycles. The summed E-state index contributed by atoms with van der Waals surface area (Å²) in [5.74, 6) is 0. The van der Waals surface area contributed by atoms with Crippen molar-refractivity contribution in [3.8, 4) is 12.5 Å². The number of nitrogens with zero attached hydrogens (tertiary/aromatic N) is 4. The van der Waals surface area contributed by atoms with Gasteiger partial charge in [-0.05, 0) is 0 Å². The smallest absolute Gasteiger partial charge is 0.286 e. The van der Waals surface area contributed by atoms with Gasteiger partial charge in [0.1, 0.15) is 13.2 Å². The molecule has 17 heavy (non-hydrogen) atoms. The predicted molar refractivity (Wildman–Crippen MR) is 51.5 cm³/mol. The summed E-state index contributed by atoms with van der Waals surface area (Å²) in [4.78, 5) is 26.8. The fourth-order valence-corrected chi connectivity index (χ4v) is 1.04. The minimum Gasteiger partial charge on any atom is -0.427 e. The number of ether oxygens (including phenoxy) is 2. The maximum absolute atomic E-state index is 10.1. The average Bonchev–Trinajstić information content (AvgIpc) is 2.37. The Labute approximate surface area is 96.8 Å². The van der Waals surface area contributed by atoms with Gasteiger partial charge in [0.15, 0.2) is 0 Å². The topological polar surface area (TPSA) is 125 Å². The molecule has 0 rings (SSSR count). The molecular formula is C9H8N4O4. The number of carbonyl (C=O) groups excluding carboxylic acids is 2. The zero-order valence-corrected chi connectivity index (χ0v) is 8.75. The molecule has 0 aliphatic heterocycles. The van der Waals surface area contributed by atoms with Crippen LogP contribution in [0.4, 0.5) is 0 Å². The van der Waals surface area contributed by atoms with Gasteiger partial charge < -0.3 is 9.47 Å². The van der Waals surface area contributed by atoms with Gasteiger partial charge in [-0.3, -0.25) is 0 Å². The van der Waals surface area contributed by atoms with Crippen LogP contribution in [-0.4, -0.2) is 38.5 Å². The van der Waals surface area contributed by atoms with Crippen LogP contribution < -0.4 is 0 Å². The van der Waals surface area contributed by atoms with Crippen molar-refractivity contribution in [2.75, 3.05) is 26.3 Å². The van der Waals surface area contributed by atoms with Crippen molar-refractivity contribution in [3.05, 3.63) is 0 Å². The van der Waals surface area contributed by atoms with Crippen molar-refractivity contribution in [2.45, 2.75) is 0 Å². The SMILES string of the molecule is N#COCC(CN=C=O)(CN=C=O)COC#N. The largest absolute Gasteiger partial charge is 0.427 e. The number of hydrogen-bond acceptors (Lipinski definition) is 8. The van der Waals surface area contributed by atoms with Crippen LogP contribution in [0, 0.1) is 28.4 Å². The van der Waals surface area contributed by atoms with Gasteiger partial charge in [0, 0.05) is 0 Å². The van der Waals surface area contributed by atoms with Gasteiger partial charge in [0.25, 0.3) is 12.5 Å². The van der Waals surface area contributed by atoms with Gasteiger partial charge in [0.05, 0.1) is 18.5 Å². The molecule has 0 aromatic heterocycles. The minimum absolute atomic E-state index is 0.134. The Morgan fingerprint density at radius 2 is 1.35 bits per heavy atom. The van der Waals surface area contributed by atoms with Crippen LogP contribution >= 0.6 is 0 Å². The van der Waals surface area contributed by atoms with E-state index < -0.39 is 5.41 Å². The van der Waals surface area contributed by atoms with E-state index in [1.165, 1.54) is 24.7 Å². The lowest BCUT2D eigenvalue weighted by atomic mass is 9.90. The molecule has 0 heterocycles. The number of nitriles is 2. The summed E-state index contributed by atoms with van der Waals surface area (Å²) in [6, 6.07) is 0. The molecular weight excluding hydrogens is 228 g/mol. The molecule has 0 atom stereocenters. The molecule has 0 amide bonds. The standard InChI is InChI=1S/C9H8N4O4/c10-5-16-3-9(1-12-7-14,2-13-8-15)4-17-6-11/h1-4H2. The number of aliphatic imine (C=N–C) groups is 2. The summed E-state index contributed by atoms with van der Waals surface area (Å²) in [5.41, 5.74) is -1.04. The number of hydrogen-bond donors (Lipinski definition) is 0. The molecule has 0 fully saturated rings. The molecule has 0 saturated carbocycles. The fourth-order valence-electron chi connectivity index (χ4n) is 1.04. The van der Waals surface area contributed by atoms with Crippen LogP contribution in [0.3, 0.4) is 0 Å². The van der Waals surface area contributed by atoms with E-state index in [0.717, 1.165) is 0 Å². The zero-order chi connectivity index (χ0) is 13.0. The van der Waals surface area contributed by atoms with Crippen LogP contribution in [0.5, 0.6) is 0 Å². The average molecular weight is 236 g/mol. The van der Waals surface area contributed by atoms with Crippen LogP contribution in [-0.2, 0) is 19.1 Å². The van der Waals surface area contributed by atoms with Gasteiger partial charge in [-0.15, -0.1) is 0 Å². The van der Waals surface area contributed by atoms with Crippen molar-refractivity contribution in [2.24, 2.45) is 15.4 Å². The van der Waals surface area contributed by atoms with Crippen molar-refractivity contribution in [3.63, 3.8) is 0 Å². The maximum Gasteiger partial charge on any atom is 0.286 e. The van der Waals surface area contributed by atoms with Gasteiger partial charge in [-0.1, -0.05) is 0 Å². The molecule has 0 N–H and O–H groups in total. The first-order valence-corrected chi connectivity index (χ1v) is 4.33. The summed E-state index contributed by atoms with van der Waals surface area (Å²) in [5, 5.41) is 16.6. The van der Waals surface area contributed by atoms with E-state index in [0.29, 0.717) is 0 Å². The third-order valence-corrected chi connectivity index (χ3v) is 1.84. The second kappa shape index (κ2) is 8.63. The van der Waals surface area contributed by atoms with Gasteiger partial charge in [-0.25, -0.2) is 19.6 Å². The lowest BCUT2D eigenvalue weighted by Gasteiger charge is -2.25. The fraction of sp³-hybridized carbons (Fsp3) is 0.556. The predicted octanol–water partition coefficient (Wildman–Crippen LogP) is -0.360. The second-order valence-corrected chi connectivity index (χ2v) is 3.07. The van der Waals surface area contributed by atoms with E-state index in [9.17, 15) is 9.59 Å². The normalized spacial score (nSPS) is 8.82. The molecule has 0 spiro atoms. The molecule has 0 saturated heterocycles. The molecule has 8 heteroatoms. The first-order chi connectivity index (χ1) is 8.24. The summed E-state index contributed by atoms with van der Waals surface area (Å²) in [6.07, 6.45) is 5.49. The van der Waals surface area contributed by atoms with E-state index in [1.54, 1.807) is 0 Å². The van der Waals surface area contributed by atoms with Crippen molar-refractivity contribution in [1.82, 2.24) is 0 Å². The van der Waals surface area contributed by atoms with E-state index in [-0.39, 0.29) is 26.3 Å². The second-order valence-electron chi connectivity index (χ2n) is 3.07. The molecule has 0 bridgehead atoms. The Morgan fingerprint density at radius 3 is 1.65 bits per heavy atom. The van der Waals surface area contributed by atoms with Crippen LogP contribution in [0.25, 0.3) is 0 Å². The summed E-state index contributed by atoms with van der Waals surface area (Å²) in [7, 11) is 0. The van der Waals surface area contributed by atoms with Gasteiger partial charge in [-0.2, -0.15) is 10.5 Å². The highest BCUT2D eigenvalue weighted by Crippen LogP contribution is 2.19. The van der Waals surface area contributed by atoms with Crippen LogP contribution in [0.15, 0.2) is 9.98 Å². The maximum atomic E-state index is 10.1. The van der Waals surface area contributed by atoms with E-state index in [1.807, 2.05) is 0 Å². The van der Waals surface area contributed by atoms with Gasteiger partial charge in [0.2, 0.25) is 12.2 Å². The molecule has 0 aliphatic rings. The highest BCUT2D eigenvalue weighted by Gasteiger charge is 2.33. The Balaban J connectivity index is 4.88. The highest BCUT2D eigenvalue weighted by molar-refractivity contribution is 5.34. The van der Waals surface area contributed by atoms with E-state index in [4.69, 9.17) is 10.5 Å². The van der Waals surface area contributed by atoms with E-state index in [2.05, 4.69) is 19.5 Å². The quantitative estimate of drug-likeness (QED) is 0.322. The summed E-state index contributed by atoms with van der Waals surface area (Å²) in [6.45, 7) is -0.654. The molecule has 0 aromatic rings. The summed E-state index contributed by atoms with van der Waals surface area (Å²) >= 11 is 0. The Hall–Kier alpha value is -2.66. The third kappa shape index (κ3) is 5.71. The Morgan fingerprint density at radius 1 is 0.941 bits per heavy atom. The molecule has 88 valence electrons. The van der Waals surface area contributed by atoms with Crippen molar-refractivity contribution in [1.29, 1.82) is 10.5 Å². The number of rotatable bonds is 8. The molecule has 0 radical (unpaired) electrons. The Kier molecular flexibility index (Phi) is 7.28. The first kappa shape index (κ1) is 14.3. The third-order valence-electron chi connectivity index (χ3n) is 1.84. The molecule has 0 aromatic carbocycles. The Bertz CT molecular complexity index is 370. The van der Waals surface area contributed by atoms with E-state index >= 15 is 0 Å². The summed E-state index contributed by atoms with van der Waals surface area (Å²) < 4.78 is 9.05. The minimum atomic E-state index is -1.04. The lowest BCUT2D eigenvalue weighted by Crippen LogP contribution is -2.37. The molecule has 0 unspecified atom stereocenters. The van der Waals surface area contributed by atoms with Gasteiger partial charge >= 0.3 is 0 Å². The highest BCUT2D eigenvalue weighted by atomic mass is 16.5. The monoisotopic (exact) mass is 236 g/mol. The molecule has 8 nitrogen and oxygen atoms in total. The van der Waals surface area contributed by atoms with Crippen LogP contribution in [0.1, 0.15) is 0 Å². The van der Waals surface area contributed by atoms with Crippen LogP contribution in [0.2, 0.25) is 0 Å². The number of isocyanates is 2.